The van der Waals surface area contributed by atoms with Crippen molar-refractivity contribution < 1.29 is 4.39 Å². The third-order valence-electron chi connectivity index (χ3n) is 3.56. The number of aromatic amines is 1. The van der Waals surface area contributed by atoms with E-state index in [4.69, 9.17) is 12.2 Å². The normalized spacial score (nSPS) is 13.0. The van der Waals surface area contributed by atoms with E-state index in [0.29, 0.717) is 10.8 Å². The molecule has 0 radical (unpaired) electrons. The molecule has 0 spiro atoms. The summed E-state index contributed by atoms with van der Waals surface area (Å²) >= 11 is 5.42. The van der Waals surface area contributed by atoms with E-state index in [1.165, 1.54) is 25.0 Å². The maximum atomic E-state index is 13.3. The number of nitrogens with zero attached hydrogens (tertiary/aromatic N) is 1. The summed E-state index contributed by atoms with van der Waals surface area (Å²) in [7, 11) is 0. The standard InChI is InChI=1S/C15H21FN2S/c1-3-5-7-12(6-4-2)18-14-9-8-11(16)10-13(14)17-15(18)19/h8-10,12H,3-7H2,1-2H3,(H,17,19). The van der Waals surface area contributed by atoms with Crippen molar-refractivity contribution in [1.29, 1.82) is 0 Å². The van der Waals surface area contributed by atoms with Gasteiger partial charge in [-0.2, -0.15) is 0 Å². The van der Waals surface area contributed by atoms with Crippen molar-refractivity contribution in [3.8, 4) is 0 Å². The fourth-order valence-electron chi connectivity index (χ4n) is 2.64. The number of halogens is 1. The highest BCUT2D eigenvalue weighted by Crippen LogP contribution is 2.27. The number of hydrogen-bond acceptors (Lipinski definition) is 1. The summed E-state index contributed by atoms with van der Waals surface area (Å²) in [6.45, 7) is 4.39. The summed E-state index contributed by atoms with van der Waals surface area (Å²) < 4.78 is 16.1. The van der Waals surface area contributed by atoms with Gasteiger partial charge in [0.25, 0.3) is 0 Å². The van der Waals surface area contributed by atoms with Gasteiger partial charge < -0.3 is 9.55 Å². The number of H-pyrrole nitrogens is 1. The predicted octanol–water partition coefficient (Wildman–Crippen LogP) is 5.37. The molecule has 0 aliphatic carbocycles. The SMILES string of the molecule is CCCCC(CCC)n1c(=S)[nH]c2cc(F)ccc21. The lowest BCUT2D eigenvalue weighted by Crippen LogP contribution is -2.09. The van der Waals surface area contributed by atoms with Crippen LogP contribution in [0.3, 0.4) is 0 Å². The Bertz CT molecular complexity index is 600. The summed E-state index contributed by atoms with van der Waals surface area (Å²) in [4.78, 5) is 3.12. The van der Waals surface area contributed by atoms with E-state index in [0.717, 1.165) is 30.3 Å². The van der Waals surface area contributed by atoms with E-state index in [-0.39, 0.29) is 5.82 Å². The lowest BCUT2D eigenvalue weighted by Gasteiger charge is -2.18. The molecular weight excluding hydrogens is 259 g/mol. The zero-order valence-electron chi connectivity index (χ0n) is 11.6. The second-order valence-corrected chi connectivity index (χ2v) is 5.43. The highest BCUT2D eigenvalue weighted by atomic mass is 32.1. The van der Waals surface area contributed by atoms with E-state index in [1.807, 2.05) is 6.07 Å². The van der Waals surface area contributed by atoms with Gasteiger partial charge in [-0.05, 0) is 43.3 Å². The molecule has 4 heteroatoms. The number of aromatic nitrogens is 2. The third-order valence-corrected chi connectivity index (χ3v) is 3.86. The monoisotopic (exact) mass is 280 g/mol. The summed E-state index contributed by atoms with van der Waals surface area (Å²) in [5, 5.41) is 0. The average Bonchev–Trinajstić information content (AvgIpc) is 2.69. The van der Waals surface area contributed by atoms with Crippen molar-refractivity contribution in [3.05, 3.63) is 28.8 Å². The largest absolute Gasteiger partial charge is 0.330 e. The van der Waals surface area contributed by atoms with Crippen LogP contribution in [0.5, 0.6) is 0 Å². The van der Waals surface area contributed by atoms with Crippen molar-refractivity contribution in [2.45, 2.75) is 52.0 Å². The minimum Gasteiger partial charge on any atom is -0.330 e. The lowest BCUT2D eigenvalue weighted by atomic mass is 10.0. The third kappa shape index (κ3) is 3.06. The van der Waals surface area contributed by atoms with Crippen LogP contribution in [0.1, 0.15) is 52.0 Å². The molecule has 0 amide bonds. The van der Waals surface area contributed by atoms with Crippen molar-refractivity contribution in [2.24, 2.45) is 0 Å². The first-order chi connectivity index (χ1) is 9.17. The molecule has 0 saturated carbocycles. The van der Waals surface area contributed by atoms with E-state index in [1.54, 1.807) is 0 Å². The first-order valence-corrected chi connectivity index (χ1v) is 7.48. The molecule has 2 nitrogen and oxygen atoms in total. The van der Waals surface area contributed by atoms with Gasteiger partial charge in [-0.15, -0.1) is 0 Å². The average molecular weight is 280 g/mol. The molecule has 1 N–H and O–H groups in total. The molecule has 1 unspecified atom stereocenters. The number of hydrogen-bond donors (Lipinski definition) is 1. The molecule has 1 atom stereocenters. The van der Waals surface area contributed by atoms with Crippen molar-refractivity contribution >= 4 is 23.3 Å². The van der Waals surface area contributed by atoms with Crippen molar-refractivity contribution in [2.75, 3.05) is 0 Å². The molecule has 1 heterocycles. The van der Waals surface area contributed by atoms with E-state index < -0.39 is 0 Å². The van der Waals surface area contributed by atoms with Gasteiger partial charge in [-0.1, -0.05) is 33.1 Å². The van der Waals surface area contributed by atoms with Crippen LogP contribution in [0.25, 0.3) is 11.0 Å². The predicted molar refractivity (Wildman–Crippen MR) is 80.6 cm³/mol. The van der Waals surface area contributed by atoms with Gasteiger partial charge in [0.2, 0.25) is 0 Å². The molecule has 19 heavy (non-hydrogen) atoms. The fraction of sp³-hybridized carbons (Fsp3) is 0.533. The molecule has 104 valence electrons. The number of rotatable bonds is 6. The highest BCUT2D eigenvalue weighted by Gasteiger charge is 2.14. The van der Waals surface area contributed by atoms with Gasteiger partial charge in [-0.25, -0.2) is 4.39 Å². The van der Waals surface area contributed by atoms with Crippen molar-refractivity contribution in [3.63, 3.8) is 0 Å². The summed E-state index contributed by atoms with van der Waals surface area (Å²) in [5.74, 6) is -0.225. The van der Waals surface area contributed by atoms with Crippen LogP contribution in [-0.4, -0.2) is 9.55 Å². The molecule has 1 aromatic carbocycles. The topological polar surface area (TPSA) is 20.7 Å². The van der Waals surface area contributed by atoms with Gasteiger partial charge in [0, 0.05) is 6.04 Å². The number of benzene rings is 1. The van der Waals surface area contributed by atoms with Crippen LogP contribution >= 0.6 is 12.2 Å². The highest BCUT2D eigenvalue weighted by molar-refractivity contribution is 7.71. The van der Waals surface area contributed by atoms with Crippen LogP contribution in [0.4, 0.5) is 4.39 Å². The van der Waals surface area contributed by atoms with Crippen LogP contribution in [0.2, 0.25) is 0 Å². The zero-order chi connectivity index (χ0) is 13.8. The summed E-state index contributed by atoms with van der Waals surface area (Å²) in [5.41, 5.74) is 1.81. The molecule has 0 saturated heterocycles. The van der Waals surface area contributed by atoms with Gasteiger partial charge in [0.05, 0.1) is 11.0 Å². The first kappa shape index (κ1) is 14.3. The summed E-state index contributed by atoms with van der Waals surface area (Å²) in [6.07, 6.45) is 5.75. The van der Waals surface area contributed by atoms with Gasteiger partial charge >= 0.3 is 0 Å². The van der Waals surface area contributed by atoms with Gasteiger partial charge in [0.1, 0.15) is 5.82 Å². The summed E-state index contributed by atoms with van der Waals surface area (Å²) in [6, 6.07) is 5.26. The smallest absolute Gasteiger partial charge is 0.178 e. The quantitative estimate of drug-likeness (QED) is 0.705. The maximum Gasteiger partial charge on any atom is 0.178 e. The molecule has 2 rings (SSSR count). The van der Waals surface area contributed by atoms with Gasteiger partial charge in [0.15, 0.2) is 4.77 Å². The minimum atomic E-state index is -0.225. The number of nitrogens with one attached hydrogen (secondary N) is 1. The Morgan fingerprint density at radius 3 is 2.74 bits per heavy atom. The number of unbranched alkanes of at least 4 members (excludes halogenated alkanes) is 1. The first-order valence-electron chi connectivity index (χ1n) is 7.07. The molecule has 2 aromatic rings. The van der Waals surface area contributed by atoms with Crippen molar-refractivity contribution in [1.82, 2.24) is 9.55 Å². The Hall–Kier alpha value is -1.16. The fourth-order valence-corrected chi connectivity index (χ4v) is 3.00. The number of imidazole rings is 1. The Kier molecular flexibility index (Phi) is 4.75. The van der Waals surface area contributed by atoms with E-state index in [9.17, 15) is 4.39 Å². The Labute approximate surface area is 118 Å². The van der Waals surface area contributed by atoms with Crippen LogP contribution < -0.4 is 0 Å². The lowest BCUT2D eigenvalue weighted by molar-refractivity contribution is 0.422. The van der Waals surface area contributed by atoms with Crippen LogP contribution in [0.15, 0.2) is 18.2 Å². The molecular formula is C15H21FN2S. The van der Waals surface area contributed by atoms with E-state index >= 15 is 0 Å². The Balaban J connectivity index is 2.46. The maximum absolute atomic E-state index is 13.3. The van der Waals surface area contributed by atoms with Crippen LogP contribution in [0, 0.1) is 10.6 Å². The molecule has 1 aromatic heterocycles. The zero-order valence-corrected chi connectivity index (χ0v) is 12.4. The molecule has 0 aliphatic heterocycles. The molecule has 0 fully saturated rings. The Morgan fingerprint density at radius 1 is 1.26 bits per heavy atom. The second-order valence-electron chi connectivity index (χ2n) is 5.05. The number of fused-ring (bicyclic) bond motifs is 1. The van der Waals surface area contributed by atoms with Gasteiger partial charge in [-0.3, -0.25) is 0 Å². The molecule has 0 aliphatic rings. The second kappa shape index (κ2) is 6.33. The minimum absolute atomic E-state index is 0.225. The Morgan fingerprint density at radius 2 is 2.05 bits per heavy atom. The van der Waals surface area contributed by atoms with E-state index in [2.05, 4.69) is 23.4 Å². The molecule has 0 bridgehead atoms. The van der Waals surface area contributed by atoms with Crippen LogP contribution in [-0.2, 0) is 0 Å².